The van der Waals surface area contributed by atoms with Gasteiger partial charge in [-0.15, -0.1) is 0 Å². The Kier molecular flexibility index (Phi) is 23.9. The van der Waals surface area contributed by atoms with E-state index >= 15 is 0 Å². The minimum absolute atomic E-state index is 0.00697. The largest absolute Gasteiger partial charge is 0.460 e. The Labute approximate surface area is 433 Å². The number of carbonyl (C=O) groups excluding carboxylic acids is 6. The first-order valence-corrected chi connectivity index (χ1v) is 26.4. The maximum atomic E-state index is 14.5. The molecule has 412 valence electrons. The number of cyclic esters (lactones) is 1. The summed E-state index contributed by atoms with van der Waals surface area (Å²) >= 11 is 0. The summed E-state index contributed by atoms with van der Waals surface area (Å²) in [6.07, 6.45) is 9.76. The van der Waals surface area contributed by atoms with Gasteiger partial charge >= 0.3 is 11.9 Å². The highest BCUT2D eigenvalue weighted by Gasteiger charge is 2.53. The predicted octanol–water partition coefficient (Wildman–Crippen LogP) is 5.72. The van der Waals surface area contributed by atoms with Gasteiger partial charge in [0.25, 0.3) is 11.7 Å². The van der Waals surface area contributed by atoms with Crippen LogP contribution in [0.5, 0.6) is 0 Å². The number of aliphatic hydroxyl groups excluding tert-OH is 3. The Morgan fingerprint density at radius 2 is 1.56 bits per heavy atom. The molecule has 4 N–H and O–H groups in total. The van der Waals surface area contributed by atoms with Crippen molar-refractivity contribution in [3.63, 3.8) is 0 Å². The Bertz CT molecular complexity index is 2010. The zero-order valence-electron chi connectivity index (χ0n) is 45.3. The van der Waals surface area contributed by atoms with Gasteiger partial charge in [0.05, 0.1) is 31.5 Å². The first-order chi connectivity index (χ1) is 34.5. The van der Waals surface area contributed by atoms with E-state index in [1.807, 2.05) is 51.2 Å². The predicted molar refractivity (Wildman–Crippen MR) is 271 cm³/mol. The molecule has 3 heterocycles. The van der Waals surface area contributed by atoms with Gasteiger partial charge in [-0.1, -0.05) is 71.1 Å². The fraction of sp³-hybridized carbons (Fsp3) is 0.750. The summed E-state index contributed by atoms with van der Waals surface area (Å²) in [5, 5.41) is 43.1. The summed E-state index contributed by atoms with van der Waals surface area (Å²) in [4.78, 5) is 85.4. The van der Waals surface area contributed by atoms with Gasteiger partial charge < -0.3 is 53.7 Å². The lowest BCUT2D eigenvalue weighted by molar-refractivity contribution is -0.265. The minimum Gasteiger partial charge on any atom is -0.460 e. The molecular formula is C56H87NO16. The van der Waals surface area contributed by atoms with E-state index in [1.54, 1.807) is 40.9 Å². The van der Waals surface area contributed by atoms with Gasteiger partial charge in [0, 0.05) is 58.5 Å². The number of aliphatic hydroxyl groups is 4. The lowest BCUT2D eigenvalue weighted by atomic mass is 9.78. The summed E-state index contributed by atoms with van der Waals surface area (Å²) < 4.78 is 35.4. The molecule has 2 unspecified atom stereocenters. The van der Waals surface area contributed by atoms with E-state index in [2.05, 4.69) is 0 Å². The molecular weight excluding hydrogens is 943 g/mol. The van der Waals surface area contributed by atoms with Crippen LogP contribution in [-0.2, 0) is 57.2 Å². The minimum atomic E-state index is -2.47. The van der Waals surface area contributed by atoms with Gasteiger partial charge in [-0.25, -0.2) is 4.79 Å². The van der Waals surface area contributed by atoms with E-state index in [-0.39, 0.29) is 42.8 Å². The number of carbonyl (C=O) groups is 6. The molecule has 3 fully saturated rings. The van der Waals surface area contributed by atoms with Crippen molar-refractivity contribution in [2.24, 2.45) is 40.9 Å². The van der Waals surface area contributed by atoms with Crippen molar-refractivity contribution in [1.29, 1.82) is 0 Å². The molecule has 0 aromatic carbocycles. The van der Waals surface area contributed by atoms with Crippen molar-refractivity contribution < 1.29 is 77.6 Å². The fourth-order valence-electron chi connectivity index (χ4n) is 10.7. The number of rotatable bonds is 10. The molecule has 1 amide bonds. The number of Topliss-reactive ketones (excluding diaryl/α,β-unsaturated/α-hetero) is 3. The summed E-state index contributed by atoms with van der Waals surface area (Å²) in [6.45, 7) is 12.7. The van der Waals surface area contributed by atoms with Crippen LogP contribution in [0, 0.1) is 40.9 Å². The summed E-state index contributed by atoms with van der Waals surface area (Å²) in [7, 11) is 4.43. The highest BCUT2D eigenvalue weighted by molar-refractivity contribution is 6.39. The number of ketones is 3. The Hall–Kier alpha value is -3.94. The van der Waals surface area contributed by atoms with E-state index in [4.69, 9.17) is 28.4 Å². The van der Waals surface area contributed by atoms with E-state index in [0.717, 1.165) is 10.5 Å². The number of fused-ring (bicyclic) bond motifs is 3. The first kappa shape index (κ1) is 61.6. The number of amides is 1. The van der Waals surface area contributed by atoms with Gasteiger partial charge in [0.1, 0.15) is 41.7 Å². The number of hydrogen-bond donors (Lipinski definition) is 4. The highest BCUT2D eigenvalue weighted by Crippen LogP contribution is 2.38. The van der Waals surface area contributed by atoms with Crippen LogP contribution in [0.3, 0.4) is 0 Å². The number of esters is 2. The van der Waals surface area contributed by atoms with Gasteiger partial charge in [0.15, 0.2) is 5.78 Å². The molecule has 4 rings (SSSR count). The van der Waals surface area contributed by atoms with Gasteiger partial charge in [-0.2, -0.15) is 0 Å². The number of nitrogens with zero attached hydrogens (tertiary/aromatic N) is 1. The number of piperidine rings is 1. The molecule has 15 atom stereocenters. The van der Waals surface area contributed by atoms with Gasteiger partial charge in [-0.3, -0.25) is 24.0 Å². The molecule has 4 aliphatic rings. The SMILES string of the molecule is COC1C[C@@H]2CC[C@@H](C)[C@@](O)(O2)C(=O)C(=O)N2CCCC[C@H]2C(=O)O[C@H]([C@H](C)C[C@H]2CC[C@@H](OC(=O)C(C)(CO)CO)[C@H](OC)C2)CC(=O)[C@H](C)/C=C(/C)[C@@H](O)C(OC)C(=O)[C@H](C)C[C@H](C)C=C/C=C/C=C/1C. The molecule has 3 aliphatic heterocycles. The van der Waals surface area contributed by atoms with Crippen LogP contribution in [-0.4, -0.2) is 156 Å². The van der Waals surface area contributed by atoms with Gasteiger partial charge in [0.2, 0.25) is 5.79 Å². The number of hydrogen-bond acceptors (Lipinski definition) is 16. The number of allylic oxidation sites excluding steroid dienone is 6. The summed E-state index contributed by atoms with van der Waals surface area (Å²) in [5.41, 5.74) is -0.277. The van der Waals surface area contributed by atoms with Crippen LogP contribution in [0.15, 0.2) is 47.6 Å². The van der Waals surface area contributed by atoms with Crippen LogP contribution in [0.4, 0.5) is 0 Å². The summed E-state index contributed by atoms with van der Waals surface area (Å²) in [6, 6.07) is -1.20. The summed E-state index contributed by atoms with van der Waals surface area (Å²) in [5.74, 6) is -9.36. The van der Waals surface area contributed by atoms with Crippen molar-refractivity contribution in [2.45, 2.75) is 187 Å². The number of methoxy groups -OCH3 is 3. The van der Waals surface area contributed by atoms with Crippen molar-refractivity contribution in [3.05, 3.63) is 47.6 Å². The third kappa shape index (κ3) is 16.0. The smallest absolute Gasteiger partial charge is 0.329 e. The van der Waals surface area contributed by atoms with Crippen LogP contribution in [0.25, 0.3) is 0 Å². The van der Waals surface area contributed by atoms with Crippen molar-refractivity contribution in [3.8, 4) is 0 Å². The standard InChI is InChI=1S/C56H87NO16/c1-33-17-13-12-14-18-34(2)45(68-9)29-41-22-20-39(7)56(67,73-41)51(63)52(64)57-24-16-15-19-42(57)53(65)71-46(30-43(60)35(3)26-38(6)49(62)50(70-11)48(61)37(5)25-33)36(4)27-40-21-23-44(47(28-40)69-10)72-54(66)55(8,31-58)32-59/h12-14,17-18,26,33,35-37,39-42,44-47,49-50,58-59,62,67H,15-16,19-25,27-32H2,1-11H3/b14-12+,17-13?,34-18+,38-26-/t33-,35-,36-,37-,39-,40-,41+,42+,44-,45?,46+,47-,49-,50?,56-/m1/s1. The second-order valence-electron chi connectivity index (χ2n) is 21.8. The van der Waals surface area contributed by atoms with Crippen LogP contribution >= 0.6 is 0 Å². The van der Waals surface area contributed by atoms with Crippen molar-refractivity contribution >= 4 is 35.2 Å². The third-order valence-electron chi connectivity index (χ3n) is 15.9. The van der Waals surface area contributed by atoms with E-state index in [0.29, 0.717) is 69.8 Å². The Morgan fingerprint density at radius 3 is 2.21 bits per heavy atom. The number of ether oxygens (including phenoxy) is 6. The molecule has 17 heteroatoms. The fourth-order valence-corrected chi connectivity index (χ4v) is 10.7. The normalized spacial score (nSPS) is 37.0. The molecule has 0 spiro atoms. The average molecular weight is 1030 g/mol. The molecule has 73 heavy (non-hydrogen) atoms. The Balaban J connectivity index is 1.69. The van der Waals surface area contributed by atoms with Crippen molar-refractivity contribution in [1.82, 2.24) is 4.90 Å². The second-order valence-corrected chi connectivity index (χ2v) is 21.8. The molecule has 2 bridgehead atoms. The van der Waals surface area contributed by atoms with E-state index in [9.17, 15) is 49.2 Å². The second kappa shape index (κ2) is 28.3. The van der Waals surface area contributed by atoms with Crippen LogP contribution < -0.4 is 0 Å². The zero-order valence-corrected chi connectivity index (χ0v) is 45.3. The molecule has 0 radical (unpaired) electrons. The van der Waals surface area contributed by atoms with Crippen molar-refractivity contribution in [2.75, 3.05) is 41.1 Å². The molecule has 1 aliphatic carbocycles. The molecule has 17 nitrogen and oxygen atoms in total. The lowest BCUT2D eigenvalue weighted by Gasteiger charge is -2.42. The highest BCUT2D eigenvalue weighted by atomic mass is 16.6. The molecule has 0 aromatic heterocycles. The van der Waals surface area contributed by atoms with E-state index < -0.39 is 120 Å². The lowest BCUT2D eigenvalue weighted by Crippen LogP contribution is -2.61. The average Bonchev–Trinajstić information content (AvgIpc) is 3.37. The van der Waals surface area contributed by atoms with Crippen LogP contribution in [0.1, 0.15) is 132 Å². The third-order valence-corrected chi connectivity index (χ3v) is 15.9. The van der Waals surface area contributed by atoms with Gasteiger partial charge in [-0.05, 0) is 114 Å². The topological polar surface area (TPSA) is 242 Å². The Morgan fingerprint density at radius 1 is 0.863 bits per heavy atom. The monoisotopic (exact) mass is 1030 g/mol. The molecule has 1 saturated carbocycles. The van der Waals surface area contributed by atoms with Crippen LogP contribution in [0.2, 0.25) is 0 Å². The molecule has 2 saturated heterocycles. The maximum absolute atomic E-state index is 14.5. The maximum Gasteiger partial charge on any atom is 0.329 e. The van der Waals surface area contributed by atoms with E-state index in [1.165, 1.54) is 21.1 Å². The molecule has 0 aromatic rings. The zero-order chi connectivity index (χ0) is 54.4. The quantitative estimate of drug-likeness (QED) is 0.116. The first-order valence-electron chi connectivity index (χ1n) is 26.4.